The van der Waals surface area contributed by atoms with Gasteiger partial charge in [-0.2, -0.15) is 8.42 Å². The maximum absolute atomic E-state index is 12.8. The molecule has 1 heterocycles. The molecule has 0 aliphatic carbocycles. The largest absolute Gasteiger partial charge is 0.462 e. The van der Waals surface area contributed by atoms with Crippen LogP contribution in [0, 0.1) is 0 Å². The van der Waals surface area contributed by atoms with Gasteiger partial charge < -0.3 is 34.3 Å². The van der Waals surface area contributed by atoms with Crippen molar-refractivity contribution in [3.05, 3.63) is 109 Å². The van der Waals surface area contributed by atoms with Gasteiger partial charge in [0.15, 0.2) is 12.4 Å². The molecule has 0 amide bonds. The van der Waals surface area contributed by atoms with Crippen molar-refractivity contribution < 1.29 is 56.8 Å². The van der Waals surface area contributed by atoms with Gasteiger partial charge in [0.2, 0.25) is 0 Å². The summed E-state index contributed by atoms with van der Waals surface area (Å²) >= 11 is 0. The highest BCUT2D eigenvalue weighted by molar-refractivity contribution is 7.85. The average Bonchev–Trinajstić information content (AvgIpc) is 3.25. The number of aliphatic hydroxyl groups is 3. The van der Waals surface area contributed by atoms with Crippen LogP contribution < -0.4 is 0 Å². The minimum Gasteiger partial charge on any atom is -0.462 e. The molecular formula is C50H78O12S. The zero-order valence-corrected chi connectivity index (χ0v) is 38.7. The van der Waals surface area contributed by atoms with Crippen LogP contribution in [-0.2, 0) is 38.7 Å². The van der Waals surface area contributed by atoms with Crippen LogP contribution in [-0.4, -0.2) is 96.0 Å². The molecule has 0 aromatic rings. The van der Waals surface area contributed by atoms with E-state index in [1.54, 1.807) is 0 Å². The summed E-state index contributed by atoms with van der Waals surface area (Å²) in [7, 11) is -4.62. The van der Waals surface area contributed by atoms with Crippen LogP contribution in [0.2, 0.25) is 0 Å². The Morgan fingerprint density at radius 2 is 1.03 bits per heavy atom. The minimum atomic E-state index is -4.62. The first-order valence-electron chi connectivity index (χ1n) is 23.0. The molecule has 6 atom stereocenters. The number of aliphatic hydroxyl groups excluding tert-OH is 3. The Bertz CT molecular complexity index is 1570. The second-order valence-electron chi connectivity index (χ2n) is 15.4. The molecule has 1 saturated heterocycles. The summed E-state index contributed by atoms with van der Waals surface area (Å²) in [4.78, 5) is 25.4. The van der Waals surface area contributed by atoms with Crippen molar-refractivity contribution in [2.75, 3.05) is 19.0 Å². The van der Waals surface area contributed by atoms with E-state index in [0.29, 0.717) is 12.8 Å². The average molecular weight is 903 g/mol. The monoisotopic (exact) mass is 903 g/mol. The summed E-state index contributed by atoms with van der Waals surface area (Å²) in [5.74, 6) is -2.07. The van der Waals surface area contributed by atoms with E-state index < -0.39 is 71.2 Å². The first kappa shape index (κ1) is 57.3. The second-order valence-corrected chi connectivity index (χ2v) is 16.9. The fourth-order valence-electron chi connectivity index (χ4n) is 6.15. The molecule has 0 bridgehead atoms. The van der Waals surface area contributed by atoms with E-state index in [9.17, 15) is 37.9 Å². The van der Waals surface area contributed by atoms with E-state index in [1.165, 1.54) is 0 Å². The van der Waals surface area contributed by atoms with E-state index in [2.05, 4.69) is 98.9 Å². The molecule has 0 saturated carbocycles. The standard InChI is InChI=1S/C50H78O12S/c1-3-5-7-9-11-13-15-17-18-19-20-21-22-23-24-25-27-28-30-32-34-36-38-45(51)59-40-43(41-60-50-49(55)48(54)47(53)44(62-50)42-63(56,57)58)61-46(52)39-37-35-33-31-29-26-16-14-12-10-8-6-4-2/h5-8,10-14,16-18,20-21,23-24,27-28,43-44,47-50,53-55H,3-4,9,15,19,22,25-26,29-42H2,1-2H3,(H,56,57,58)/b7-5+,8-6+,12-10+,13-11+,16-14+,18-17+,21-20+,24-23+,28-27+/t43?,44-,47-,48?,49?,50+/m1/s1. The van der Waals surface area contributed by atoms with Gasteiger partial charge in [-0.25, -0.2) is 0 Å². The van der Waals surface area contributed by atoms with E-state index in [1.807, 2.05) is 24.3 Å². The third-order valence-corrected chi connectivity index (χ3v) is 10.4. The van der Waals surface area contributed by atoms with E-state index in [-0.39, 0.29) is 19.4 Å². The lowest BCUT2D eigenvalue weighted by molar-refractivity contribution is -0.297. The summed E-state index contributed by atoms with van der Waals surface area (Å²) in [6.07, 6.45) is 44.2. The van der Waals surface area contributed by atoms with Crippen LogP contribution in [0.5, 0.6) is 0 Å². The molecule has 3 unspecified atom stereocenters. The molecule has 1 rings (SSSR count). The van der Waals surface area contributed by atoms with Gasteiger partial charge in [-0.05, 0) is 83.5 Å². The van der Waals surface area contributed by atoms with Crippen molar-refractivity contribution in [1.82, 2.24) is 0 Å². The van der Waals surface area contributed by atoms with Gasteiger partial charge in [-0.3, -0.25) is 14.1 Å². The van der Waals surface area contributed by atoms with Crippen LogP contribution in [0.4, 0.5) is 0 Å². The fraction of sp³-hybridized carbons (Fsp3) is 0.600. The zero-order valence-electron chi connectivity index (χ0n) is 37.9. The van der Waals surface area contributed by atoms with Crippen molar-refractivity contribution in [2.45, 2.75) is 173 Å². The highest BCUT2D eigenvalue weighted by atomic mass is 32.2. The van der Waals surface area contributed by atoms with E-state index in [0.717, 1.165) is 96.3 Å². The van der Waals surface area contributed by atoms with Gasteiger partial charge in [-0.15, -0.1) is 0 Å². The molecule has 4 N–H and O–H groups in total. The summed E-state index contributed by atoms with van der Waals surface area (Å²) in [5.41, 5.74) is 0. The molecule has 1 aliphatic heterocycles. The maximum atomic E-state index is 12.8. The van der Waals surface area contributed by atoms with Crippen LogP contribution in [0.25, 0.3) is 0 Å². The molecule has 13 heteroatoms. The van der Waals surface area contributed by atoms with Gasteiger partial charge in [0.25, 0.3) is 10.1 Å². The highest BCUT2D eigenvalue weighted by Gasteiger charge is 2.46. The number of carbonyl (C=O) groups is 2. The molecule has 356 valence electrons. The Morgan fingerprint density at radius 1 is 0.556 bits per heavy atom. The van der Waals surface area contributed by atoms with Crippen molar-refractivity contribution in [2.24, 2.45) is 0 Å². The number of unbranched alkanes of at least 4 members (excludes halogenated alkanes) is 8. The predicted octanol–water partition coefficient (Wildman–Crippen LogP) is 9.61. The van der Waals surface area contributed by atoms with E-state index >= 15 is 0 Å². The Kier molecular flexibility index (Phi) is 35.3. The first-order valence-corrected chi connectivity index (χ1v) is 24.6. The predicted molar refractivity (Wildman–Crippen MR) is 251 cm³/mol. The molecule has 0 aromatic carbocycles. The van der Waals surface area contributed by atoms with Crippen LogP contribution in [0.15, 0.2) is 109 Å². The quantitative estimate of drug-likeness (QED) is 0.0154. The number of carbonyl (C=O) groups excluding carboxylic acids is 2. The van der Waals surface area contributed by atoms with Gasteiger partial charge >= 0.3 is 11.9 Å². The SMILES string of the molecule is CC/C=C/C=C/C=C/CCCCCCCC(=O)OC(COC(=O)CCCCC/C=C/C/C=C/C/C=C/C/C=C/C/C=C/C/C=C/CC)CO[C@H]1O[C@H](CS(=O)(=O)O)[C@@H](O)C(O)C1O. The van der Waals surface area contributed by atoms with Gasteiger partial charge in [0, 0.05) is 12.8 Å². The van der Waals surface area contributed by atoms with Crippen molar-refractivity contribution in [1.29, 1.82) is 0 Å². The number of esters is 2. The van der Waals surface area contributed by atoms with Crippen molar-refractivity contribution in [3.63, 3.8) is 0 Å². The zero-order chi connectivity index (χ0) is 46.2. The Labute approximate surface area is 378 Å². The Hall–Kier alpha value is -3.69. The molecule has 0 radical (unpaired) electrons. The molecule has 12 nitrogen and oxygen atoms in total. The Morgan fingerprint density at radius 3 is 1.60 bits per heavy atom. The number of hydrogen-bond acceptors (Lipinski definition) is 11. The molecule has 0 spiro atoms. The molecule has 0 aromatic heterocycles. The number of allylic oxidation sites excluding steroid dienone is 18. The Balaban J connectivity index is 2.46. The molecule has 1 fully saturated rings. The second kappa shape index (κ2) is 38.7. The lowest BCUT2D eigenvalue weighted by Crippen LogP contribution is -2.60. The molecular weight excluding hydrogens is 825 g/mol. The first-order chi connectivity index (χ1) is 30.5. The fourth-order valence-corrected chi connectivity index (χ4v) is 6.84. The summed E-state index contributed by atoms with van der Waals surface area (Å²) in [5, 5.41) is 30.9. The van der Waals surface area contributed by atoms with Crippen LogP contribution in [0.3, 0.4) is 0 Å². The van der Waals surface area contributed by atoms with Crippen molar-refractivity contribution >= 4 is 22.1 Å². The molecule has 63 heavy (non-hydrogen) atoms. The smallest absolute Gasteiger partial charge is 0.306 e. The normalized spacial score (nSPS) is 20.8. The highest BCUT2D eigenvalue weighted by Crippen LogP contribution is 2.24. The van der Waals surface area contributed by atoms with Crippen LogP contribution in [0.1, 0.15) is 136 Å². The van der Waals surface area contributed by atoms with Crippen LogP contribution >= 0.6 is 0 Å². The summed E-state index contributed by atoms with van der Waals surface area (Å²) < 4.78 is 54.0. The topological polar surface area (TPSA) is 186 Å². The third-order valence-electron chi connectivity index (χ3n) is 9.66. The van der Waals surface area contributed by atoms with E-state index in [4.69, 9.17) is 18.9 Å². The van der Waals surface area contributed by atoms with Crippen molar-refractivity contribution in [3.8, 4) is 0 Å². The minimum absolute atomic E-state index is 0.126. The van der Waals surface area contributed by atoms with Gasteiger partial charge in [0.1, 0.15) is 36.8 Å². The third kappa shape index (κ3) is 33.5. The maximum Gasteiger partial charge on any atom is 0.306 e. The summed E-state index contributed by atoms with van der Waals surface area (Å²) in [6.45, 7) is 3.44. The number of hydrogen-bond donors (Lipinski definition) is 4. The van der Waals surface area contributed by atoms with Gasteiger partial charge in [-0.1, -0.05) is 149 Å². The summed E-state index contributed by atoms with van der Waals surface area (Å²) in [6, 6.07) is 0. The number of ether oxygens (including phenoxy) is 4. The lowest BCUT2D eigenvalue weighted by atomic mass is 10.00. The lowest BCUT2D eigenvalue weighted by Gasteiger charge is -2.40. The number of rotatable bonds is 36. The molecule has 1 aliphatic rings. The van der Waals surface area contributed by atoms with Gasteiger partial charge in [0.05, 0.1) is 6.61 Å².